The number of nitrogens with one attached hydrogen (secondary N) is 1. The summed E-state index contributed by atoms with van der Waals surface area (Å²) in [5.41, 5.74) is 0. The van der Waals surface area contributed by atoms with Crippen molar-refractivity contribution in [1.82, 2.24) is 4.98 Å². The average Bonchev–Trinajstić information content (AvgIpc) is 2.74. The number of hydrogen-bond donors (Lipinski definition) is 2. The Morgan fingerprint density at radius 2 is 2.20 bits per heavy atom. The van der Waals surface area contributed by atoms with Gasteiger partial charge in [-0.2, -0.15) is 0 Å². The van der Waals surface area contributed by atoms with E-state index in [1.165, 1.54) is 11.8 Å². The Kier molecular flexibility index (Phi) is 2.87. The highest BCUT2D eigenvalue weighted by Gasteiger charge is 2.05. The molecule has 2 rings (SSSR count). The van der Waals surface area contributed by atoms with Gasteiger partial charge in [0, 0.05) is 6.20 Å². The van der Waals surface area contributed by atoms with Crippen LogP contribution >= 0.6 is 11.8 Å². The maximum absolute atomic E-state index is 9.64. The summed E-state index contributed by atoms with van der Waals surface area (Å²) >= 11 is 1.46. The summed E-state index contributed by atoms with van der Waals surface area (Å²) < 4.78 is 5.09. The molecule has 0 aliphatic rings. The van der Waals surface area contributed by atoms with Crippen molar-refractivity contribution in [3.63, 3.8) is 0 Å². The summed E-state index contributed by atoms with van der Waals surface area (Å²) in [6, 6.07) is 9.03. The zero-order valence-corrected chi connectivity index (χ0v) is 9.04. The molecular formula is C11H11NO2S. The van der Waals surface area contributed by atoms with Crippen molar-refractivity contribution in [1.29, 1.82) is 0 Å². The number of aromatic nitrogens is 1. The summed E-state index contributed by atoms with van der Waals surface area (Å²) in [6.07, 6.45) is 1.85. The van der Waals surface area contributed by atoms with Crippen LogP contribution in [0.5, 0.6) is 11.5 Å². The highest BCUT2D eigenvalue weighted by atomic mass is 32.2. The van der Waals surface area contributed by atoms with Crippen molar-refractivity contribution in [3.8, 4) is 11.5 Å². The first kappa shape index (κ1) is 9.98. The number of rotatable bonds is 3. The molecule has 0 unspecified atom stereocenters. The second kappa shape index (κ2) is 4.31. The SMILES string of the molecule is COc1ccc(O)c(Sc2ccc[nH]2)c1. The lowest BCUT2D eigenvalue weighted by Crippen LogP contribution is -1.83. The van der Waals surface area contributed by atoms with Crippen molar-refractivity contribution in [3.05, 3.63) is 36.5 Å². The molecule has 1 heterocycles. The fraction of sp³-hybridized carbons (Fsp3) is 0.0909. The molecule has 0 fully saturated rings. The first-order chi connectivity index (χ1) is 7.29. The predicted octanol–water partition coefficient (Wildman–Crippen LogP) is 2.88. The van der Waals surface area contributed by atoms with Crippen molar-refractivity contribution < 1.29 is 9.84 Å². The van der Waals surface area contributed by atoms with Crippen LogP contribution in [0.25, 0.3) is 0 Å². The van der Waals surface area contributed by atoms with E-state index in [2.05, 4.69) is 4.98 Å². The van der Waals surface area contributed by atoms with Gasteiger partial charge in [-0.3, -0.25) is 0 Å². The molecule has 1 aromatic heterocycles. The standard InChI is InChI=1S/C11H11NO2S/c1-14-8-4-5-9(13)10(7-8)15-11-3-2-6-12-11/h2-7,12-13H,1H3. The summed E-state index contributed by atoms with van der Waals surface area (Å²) in [7, 11) is 1.61. The van der Waals surface area contributed by atoms with Crippen LogP contribution in [0.3, 0.4) is 0 Å². The minimum Gasteiger partial charge on any atom is -0.507 e. The van der Waals surface area contributed by atoms with Crippen LogP contribution in [-0.2, 0) is 0 Å². The highest BCUT2D eigenvalue weighted by molar-refractivity contribution is 7.99. The van der Waals surface area contributed by atoms with Crippen molar-refractivity contribution in [2.24, 2.45) is 0 Å². The Hall–Kier alpha value is -1.55. The van der Waals surface area contributed by atoms with Crippen LogP contribution in [0.15, 0.2) is 46.5 Å². The smallest absolute Gasteiger partial charge is 0.129 e. The van der Waals surface area contributed by atoms with Crippen LogP contribution in [0.4, 0.5) is 0 Å². The molecule has 0 atom stereocenters. The number of methoxy groups -OCH3 is 1. The molecule has 0 radical (unpaired) electrons. The van der Waals surface area contributed by atoms with Crippen molar-refractivity contribution >= 4 is 11.8 Å². The molecule has 0 amide bonds. The van der Waals surface area contributed by atoms with E-state index in [4.69, 9.17) is 4.74 Å². The van der Waals surface area contributed by atoms with Gasteiger partial charge in [0.1, 0.15) is 11.5 Å². The Labute approximate surface area is 92.1 Å². The number of H-pyrrole nitrogens is 1. The van der Waals surface area contributed by atoms with E-state index in [9.17, 15) is 5.11 Å². The fourth-order valence-corrected chi connectivity index (χ4v) is 2.06. The normalized spacial score (nSPS) is 10.2. The fourth-order valence-electron chi connectivity index (χ4n) is 1.20. The monoisotopic (exact) mass is 221 g/mol. The van der Waals surface area contributed by atoms with Crippen LogP contribution in [0.1, 0.15) is 0 Å². The van der Waals surface area contributed by atoms with Gasteiger partial charge in [0.25, 0.3) is 0 Å². The average molecular weight is 221 g/mol. The van der Waals surface area contributed by atoms with E-state index >= 15 is 0 Å². The largest absolute Gasteiger partial charge is 0.507 e. The molecule has 78 valence electrons. The summed E-state index contributed by atoms with van der Waals surface area (Å²) in [6.45, 7) is 0. The van der Waals surface area contributed by atoms with Crippen molar-refractivity contribution in [2.45, 2.75) is 9.92 Å². The molecular weight excluding hydrogens is 210 g/mol. The third kappa shape index (κ3) is 2.27. The van der Waals surface area contributed by atoms with Gasteiger partial charge in [0.15, 0.2) is 0 Å². The number of benzene rings is 1. The number of hydrogen-bond acceptors (Lipinski definition) is 3. The Bertz CT molecular complexity index is 440. The van der Waals surface area contributed by atoms with E-state index in [-0.39, 0.29) is 5.75 Å². The first-order valence-electron chi connectivity index (χ1n) is 4.48. The van der Waals surface area contributed by atoms with Gasteiger partial charge in [-0.05, 0) is 30.3 Å². The number of phenols is 1. The summed E-state index contributed by atoms with van der Waals surface area (Å²) in [5, 5.41) is 10.6. The zero-order chi connectivity index (χ0) is 10.7. The predicted molar refractivity (Wildman–Crippen MR) is 59.6 cm³/mol. The molecule has 0 saturated carbocycles. The highest BCUT2D eigenvalue weighted by Crippen LogP contribution is 2.35. The van der Waals surface area contributed by atoms with Crippen LogP contribution in [-0.4, -0.2) is 17.2 Å². The number of aromatic amines is 1. The maximum atomic E-state index is 9.64. The molecule has 1 aromatic carbocycles. The third-order valence-corrected chi connectivity index (χ3v) is 2.98. The molecule has 2 aromatic rings. The van der Waals surface area contributed by atoms with E-state index in [1.807, 2.05) is 18.3 Å². The van der Waals surface area contributed by atoms with E-state index < -0.39 is 0 Å². The molecule has 4 heteroatoms. The molecule has 0 aliphatic heterocycles. The quantitative estimate of drug-likeness (QED) is 0.837. The minimum absolute atomic E-state index is 0.260. The number of ether oxygens (including phenoxy) is 1. The Morgan fingerprint density at radius 1 is 1.33 bits per heavy atom. The van der Waals surface area contributed by atoms with E-state index in [0.29, 0.717) is 0 Å². The summed E-state index contributed by atoms with van der Waals surface area (Å²) in [4.78, 5) is 3.84. The number of phenolic OH excluding ortho intramolecular Hbond substituents is 1. The Balaban J connectivity index is 2.27. The molecule has 15 heavy (non-hydrogen) atoms. The van der Waals surface area contributed by atoms with Gasteiger partial charge < -0.3 is 14.8 Å². The van der Waals surface area contributed by atoms with Gasteiger partial charge in [-0.25, -0.2) is 0 Å². The third-order valence-electron chi connectivity index (χ3n) is 1.96. The molecule has 0 spiro atoms. The van der Waals surface area contributed by atoms with Gasteiger partial charge >= 0.3 is 0 Å². The molecule has 0 bridgehead atoms. The molecule has 3 nitrogen and oxygen atoms in total. The number of aromatic hydroxyl groups is 1. The lowest BCUT2D eigenvalue weighted by atomic mass is 10.3. The van der Waals surface area contributed by atoms with Gasteiger partial charge in [-0.1, -0.05) is 11.8 Å². The molecule has 2 N–H and O–H groups in total. The van der Waals surface area contributed by atoms with Crippen LogP contribution < -0.4 is 4.74 Å². The molecule has 0 aliphatic carbocycles. The van der Waals surface area contributed by atoms with E-state index in [0.717, 1.165) is 15.7 Å². The topological polar surface area (TPSA) is 45.2 Å². The zero-order valence-electron chi connectivity index (χ0n) is 8.23. The van der Waals surface area contributed by atoms with Crippen LogP contribution in [0, 0.1) is 0 Å². The maximum Gasteiger partial charge on any atom is 0.129 e. The van der Waals surface area contributed by atoms with E-state index in [1.54, 1.807) is 25.3 Å². The van der Waals surface area contributed by atoms with Gasteiger partial charge in [0.05, 0.1) is 17.0 Å². The van der Waals surface area contributed by atoms with Gasteiger partial charge in [-0.15, -0.1) is 0 Å². The minimum atomic E-state index is 0.260. The summed E-state index contributed by atoms with van der Waals surface area (Å²) in [5.74, 6) is 0.997. The van der Waals surface area contributed by atoms with Gasteiger partial charge in [0.2, 0.25) is 0 Å². The van der Waals surface area contributed by atoms with Crippen LogP contribution in [0.2, 0.25) is 0 Å². The van der Waals surface area contributed by atoms with Crippen molar-refractivity contribution in [2.75, 3.05) is 7.11 Å². The second-order valence-corrected chi connectivity index (χ2v) is 4.05. The second-order valence-electron chi connectivity index (χ2n) is 2.97. The lowest BCUT2D eigenvalue weighted by molar-refractivity contribution is 0.409. The Morgan fingerprint density at radius 3 is 2.87 bits per heavy atom. The lowest BCUT2D eigenvalue weighted by Gasteiger charge is -2.05. The molecule has 0 saturated heterocycles. The first-order valence-corrected chi connectivity index (χ1v) is 5.29.